The zero-order valence-corrected chi connectivity index (χ0v) is 25.0. The zero-order valence-electron chi connectivity index (χ0n) is 23.3. The van der Waals surface area contributed by atoms with E-state index in [2.05, 4.69) is 29.2 Å². The Morgan fingerprint density at radius 1 is 1.00 bits per heavy atom. The van der Waals surface area contributed by atoms with Crippen molar-refractivity contribution >= 4 is 38.4 Å². The first-order chi connectivity index (χ1) is 19.7. The molecule has 6 rings (SSSR count). The average Bonchev–Trinajstić information content (AvgIpc) is 3.63. The highest BCUT2D eigenvalue weighted by Crippen LogP contribution is 2.37. The number of thiophene rings is 1. The van der Waals surface area contributed by atoms with Gasteiger partial charge in [-0.05, 0) is 61.1 Å². The molecule has 1 amide bonds. The maximum atomic E-state index is 13.4. The Kier molecular flexibility index (Phi) is 7.25. The number of hydrogen-bond donors (Lipinski definition) is 1. The molecular weight excluding hydrogens is 553 g/mol. The summed E-state index contributed by atoms with van der Waals surface area (Å²) in [6.45, 7) is 6.77. The van der Waals surface area contributed by atoms with Gasteiger partial charge in [-0.25, -0.2) is 23.1 Å². The third-order valence-electron chi connectivity index (χ3n) is 7.42. The van der Waals surface area contributed by atoms with Gasteiger partial charge in [0.2, 0.25) is 5.91 Å². The summed E-state index contributed by atoms with van der Waals surface area (Å²) >= 11 is 1.22. The number of rotatable bonds is 9. The molecular formula is C32H32N4O3S2. The van der Waals surface area contributed by atoms with Crippen LogP contribution in [0.4, 0.5) is 0 Å². The lowest BCUT2D eigenvalue weighted by molar-refractivity contribution is -0.120. The van der Waals surface area contributed by atoms with Crippen molar-refractivity contribution in [2.45, 2.75) is 57.2 Å². The van der Waals surface area contributed by atoms with E-state index in [1.54, 1.807) is 0 Å². The number of amides is 1. The van der Waals surface area contributed by atoms with Crippen LogP contribution in [0.1, 0.15) is 52.9 Å². The highest BCUT2D eigenvalue weighted by atomic mass is 32.2. The number of nitrogens with zero attached hydrogens (tertiary/aromatic N) is 3. The van der Waals surface area contributed by atoms with Crippen LogP contribution in [0, 0.1) is 19.8 Å². The zero-order chi connectivity index (χ0) is 28.7. The van der Waals surface area contributed by atoms with Crippen molar-refractivity contribution in [3.63, 3.8) is 0 Å². The van der Waals surface area contributed by atoms with Gasteiger partial charge in [-0.15, -0.1) is 11.3 Å². The van der Waals surface area contributed by atoms with Crippen molar-refractivity contribution in [1.29, 1.82) is 0 Å². The Balaban J connectivity index is 1.34. The van der Waals surface area contributed by atoms with E-state index >= 15 is 0 Å². The number of carbonyl (C=O) groups excluding carboxylic acids is 1. The monoisotopic (exact) mass is 584 g/mol. The molecule has 7 nitrogen and oxygen atoms in total. The van der Waals surface area contributed by atoms with Crippen LogP contribution in [0.3, 0.4) is 0 Å². The van der Waals surface area contributed by atoms with Crippen LogP contribution in [0.15, 0.2) is 70.9 Å². The molecule has 0 unspecified atom stereocenters. The summed E-state index contributed by atoms with van der Waals surface area (Å²) in [6.07, 6.45) is 2.88. The smallest absolute Gasteiger partial charge is 0.274 e. The van der Waals surface area contributed by atoms with Gasteiger partial charge in [-0.3, -0.25) is 4.79 Å². The minimum atomic E-state index is -4.01. The van der Waals surface area contributed by atoms with Gasteiger partial charge in [0.1, 0.15) is 15.6 Å². The summed E-state index contributed by atoms with van der Waals surface area (Å²) in [5.41, 5.74) is 7.44. The van der Waals surface area contributed by atoms with Gasteiger partial charge in [0.05, 0.1) is 6.54 Å². The van der Waals surface area contributed by atoms with Gasteiger partial charge in [-0.1, -0.05) is 61.5 Å². The molecule has 1 N–H and O–H groups in total. The van der Waals surface area contributed by atoms with Crippen LogP contribution in [0.25, 0.3) is 22.3 Å². The fourth-order valence-electron chi connectivity index (χ4n) is 5.17. The number of pyridine rings is 1. The van der Waals surface area contributed by atoms with Gasteiger partial charge >= 0.3 is 0 Å². The van der Waals surface area contributed by atoms with E-state index in [9.17, 15) is 13.2 Å². The van der Waals surface area contributed by atoms with E-state index in [4.69, 9.17) is 9.97 Å². The number of carbonyl (C=O) groups is 1. The first-order valence-corrected chi connectivity index (χ1v) is 16.2. The van der Waals surface area contributed by atoms with E-state index in [1.807, 2.05) is 67.6 Å². The molecule has 0 atom stereocenters. The summed E-state index contributed by atoms with van der Waals surface area (Å²) in [5, 5.41) is 0. The van der Waals surface area contributed by atoms with Crippen molar-refractivity contribution in [2.75, 3.05) is 0 Å². The van der Waals surface area contributed by atoms with Crippen molar-refractivity contribution < 1.29 is 13.2 Å². The quantitative estimate of drug-likeness (QED) is 0.223. The lowest BCUT2D eigenvalue weighted by atomic mass is 10.0. The second kappa shape index (κ2) is 10.9. The topological polar surface area (TPSA) is 93.9 Å². The maximum absolute atomic E-state index is 13.4. The molecule has 0 spiro atoms. The third-order valence-corrected chi connectivity index (χ3v) is 10.4. The van der Waals surface area contributed by atoms with Gasteiger partial charge in [0.25, 0.3) is 10.0 Å². The number of aryl methyl sites for hydroxylation is 3. The molecule has 1 aliphatic carbocycles. The van der Waals surface area contributed by atoms with Crippen LogP contribution < -0.4 is 4.72 Å². The van der Waals surface area contributed by atoms with Gasteiger partial charge in [0, 0.05) is 34.9 Å². The number of fused-ring (bicyclic) bond motifs is 1. The summed E-state index contributed by atoms with van der Waals surface area (Å²) in [7, 11) is -4.01. The van der Waals surface area contributed by atoms with Crippen molar-refractivity contribution in [2.24, 2.45) is 5.92 Å². The molecule has 210 valence electrons. The molecule has 1 aliphatic rings. The number of benzene rings is 2. The Morgan fingerprint density at radius 3 is 2.41 bits per heavy atom. The largest absolute Gasteiger partial charge is 0.308 e. The van der Waals surface area contributed by atoms with Gasteiger partial charge in [-0.2, -0.15) is 0 Å². The predicted octanol–water partition coefficient (Wildman–Crippen LogP) is 6.19. The fourth-order valence-corrected chi connectivity index (χ4v) is 7.99. The normalized spacial score (nSPS) is 13.5. The van der Waals surface area contributed by atoms with Crippen molar-refractivity contribution in [3.8, 4) is 11.1 Å². The molecule has 3 heterocycles. The molecule has 0 radical (unpaired) electrons. The van der Waals surface area contributed by atoms with Crippen LogP contribution >= 0.6 is 11.3 Å². The van der Waals surface area contributed by atoms with Gasteiger partial charge in [0.15, 0.2) is 5.65 Å². The third kappa shape index (κ3) is 5.69. The van der Waals surface area contributed by atoms with Crippen LogP contribution in [-0.2, 0) is 34.2 Å². The minimum Gasteiger partial charge on any atom is -0.308 e. The summed E-state index contributed by atoms with van der Waals surface area (Å²) in [4.78, 5) is 23.0. The molecule has 1 saturated carbocycles. The number of aromatic nitrogens is 3. The number of hydrogen-bond acceptors (Lipinski definition) is 6. The van der Waals surface area contributed by atoms with Crippen LogP contribution in [-0.4, -0.2) is 28.9 Å². The van der Waals surface area contributed by atoms with Crippen molar-refractivity contribution in [3.05, 3.63) is 99.8 Å². The second-order valence-electron chi connectivity index (χ2n) is 10.7. The molecule has 0 aliphatic heterocycles. The minimum absolute atomic E-state index is 0.175. The first kappa shape index (κ1) is 27.4. The molecule has 2 aromatic carbocycles. The number of nitrogens with one attached hydrogen (secondary N) is 1. The second-order valence-corrected chi connectivity index (χ2v) is 13.8. The molecule has 1 fully saturated rings. The fraction of sp³-hybridized carbons (Fsp3) is 0.281. The first-order valence-electron chi connectivity index (χ1n) is 13.9. The van der Waals surface area contributed by atoms with Crippen LogP contribution in [0.5, 0.6) is 0 Å². The molecule has 0 saturated heterocycles. The van der Waals surface area contributed by atoms with Crippen LogP contribution in [0.2, 0.25) is 0 Å². The molecule has 9 heteroatoms. The number of sulfonamides is 1. The predicted molar refractivity (Wildman–Crippen MR) is 163 cm³/mol. The summed E-state index contributed by atoms with van der Waals surface area (Å²) in [6, 6.07) is 21.9. The Morgan fingerprint density at radius 2 is 1.73 bits per heavy atom. The Bertz CT molecular complexity index is 1850. The SMILES string of the molecule is CCc1nc2c(C)cc(C)nc2n1Cc1ccc(-c2cc(Cc3ccccc3)sc2S(=O)(=O)NC(=O)C2CC2)cc1. The standard InChI is InChI=1S/C32H32N4O3S2/c1-4-28-34-29-20(2)16-21(3)33-30(29)36(28)19-23-10-12-24(13-11-23)27-18-26(17-22-8-6-5-7-9-22)40-32(27)41(38,39)35-31(37)25-14-15-25/h5-13,16,18,25H,4,14-15,17,19H2,1-3H3,(H,35,37). The van der Waals surface area contributed by atoms with E-state index in [0.717, 1.165) is 69.1 Å². The lowest BCUT2D eigenvalue weighted by Crippen LogP contribution is -2.31. The van der Waals surface area contributed by atoms with Gasteiger partial charge < -0.3 is 4.57 Å². The Labute approximate surface area is 244 Å². The number of imidazole rings is 1. The Hall–Kier alpha value is -3.82. The maximum Gasteiger partial charge on any atom is 0.274 e. The summed E-state index contributed by atoms with van der Waals surface area (Å²) < 4.78 is 31.5. The highest BCUT2D eigenvalue weighted by molar-refractivity contribution is 7.92. The molecule has 5 aromatic rings. The van der Waals surface area contributed by atoms with E-state index < -0.39 is 15.9 Å². The highest BCUT2D eigenvalue weighted by Gasteiger charge is 2.34. The summed E-state index contributed by atoms with van der Waals surface area (Å²) in [5.74, 6) is 0.363. The molecule has 0 bridgehead atoms. The van der Waals surface area contributed by atoms with Crippen molar-refractivity contribution in [1.82, 2.24) is 19.3 Å². The van der Waals surface area contributed by atoms with E-state index in [-0.39, 0.29) is 10.1 Å². The average molecular weight is 585 g/mol. The lowest BCUT2D eigenvalue weighted by Gasteiger charge is -2.10. The van der Waals surface area contributed by atoms with E-state index in [0.29, 0.717) is 18.5 Å². The van der Waals surface area contributed by atoms with E-state index in [1.165, 1.54) is 11.3 Å². The molecule has 3 aromatic heterocycles. The molecule has 41 heavy (non-hydrogen) atoms.